The second-order valence-electron chi connectivity index (χ2n) is 3.83. The fraction of sp³-hybridized carbons (Fsp3) is 0.500. The van der Waals surface area contributed by atoms with Crippen LogP contribution in [-0.2, 0) is 4.74 Å². The average molecular weight is 284 g/mol. The molecule has 0 saturated heterocycles. The van der Waals surface area contributed by atoms with Gasteiger partial charge in [0.1, 0.15) is 17.9 Å². The maximum Gasteiger partial charge on any atom is 0.340 e. The Morgan fingerprint density at radius 3 is 2.68 bits per heavy atom. The standard InChI is InChI=1S/C14H20O4S/c1-3-8-17-9-10-18-11-6-5-7-12(19-4-2)13(11)14(15)16/h5-7H,3-4,8-10H2,1-2H3,(H,15,16). The van der Waals surface area contributed by atoms with E-state index in [-0.39, 0.29) is 5.56 Å². The molecule has 0 spiro atoms. The largest absolute Gasteiger partial charge is 0.490 e. The van der Waals surface area contributed by atoms with Crippen LogP contribution in [0.15, 0.2) is 23.1 Å². The summed E-state index contributed by atoms with van der Waals surface area (Å²) < 4.78 is 10.8. The molecule has 4 nitrogen and oxygen atoms in total. The van der Waals surface area contributed by atoms with Crippen LogP contribution in [0.4, 0.5) is 0 Å². The Bertz CT molecular complexity index is 406. The van der Waals surface area contributed by atoms with Crippen LogP contribution in [0.2, 0.25) is 0 Å². The van der Waals surface area contributed by atoms with E-state index in [1.807, 2.05) is 19.9 Å². The maximum atomic E-state index is 11.3. The van der Waals surface area contributed by atoms with Gasteiger partial charge in [-0.1, -0.05) is 19.9 Å². The van der Waals surface area contributed by atoms with Gasteiger partial charge >= 0.3 is 5.97 Å². The predicted molar refractivity (Wildman–Crippen MR) is 76.4 cm³/mol. The number of ether oxygens (including phenoxy) is 2. The van der Waals surface area contributed by atoms with E-state index in [2.05, 4.69) is 0 Å². The quantitative estimate of drug-likeness (QED) is 0.557. The van der Waals surface area contributed by atoms with Gasteiger partial charge in [-0.05, 0) is 24.3 Å². The molecule has 0 bridgehead atoms. The minimum Gasteiger partial charge on any atom is -0.490 e. The van der Waals surface area contributed by atoms with Gasteiger partial charge in [0.15, 0.2) is 0 Å². The van der Waals surface area contributed by atoms with Crippen molar-refractivity contribution in [2.75, 3.05) is 25.6 Å². The second-order valence-corrected chi connectivity index (χ2v) is 5.13. The maximum absolute atomic E-state index is 11.3. The highest BCUT2D eigenvalue weighted by molar-refractivity contribution is 7.99. The van der Waals surface area contributed by atoms with Gasteiger partial charge in [-0.2, -0.15) is 0 Å². The molecule has 1 aromatic carbocycles. The second kappa shape index (κ2) is 8.82. The van der Waals surface area contributed by atoms with Gasteiger partial charge in [0.2, 0.25) is 0 Å². The average Bonchev–Trinajstić information content (AvgIpc) is 2.38. The molecule has 1 aromatic rings. The van der Waals surface area contributed by atoms with Gasteiger partial charge in [-0.25, -0.2) is 4.79 Å². The highest BCUT2D eigenvalue weighted by Crippen LogP contribution is 2.30. The molecule has 1 N–H and O–H groups in total. The van der Waals surface area contributed by atoms with Crippen molar-refractivity contribution in [2.24, 2.45) is 0 Å². The molecule has 1 rings (SSSR count). The normalized spacial score (nSPS) is 10.4. The number of hydrogen-bond acceptors (Lipinski definition) is 4. The first kappa shape index (κ1) is 15.9. The van der Waals surface area contributed by atoms with Gasteiger partial charge < -0.3 is 14.6 Å². The third-order valence-corrected chi connectivity index (χ3v) is 3.28. The molecule has 0 radical (unpaired) electrons. The van der Waals surface area contributed by atoms with E-state index in [0.29, 0.717) is 25.6 Å². The summed E-state index contributed by atoms with van der Waals surface area (Å²) in [5.74, 6) is 0.274. The summed E-state index contributed by atoms with van der Waals surface area (Å²) in [6, 6.07) is 5.30. The molecule has 0 unspecified atom stereocenters. The van der Waals surface area contributed by atoms with Crippen LogP contribution in [0.25, 0.3) is 0 Å². The predicted octanol–water partition coefficient (Wildman–Crippen LogP) is 3.30. The Kier molecular flexibility index (Phi) is 7.36. The minimum atomic E-state index is -0.957. The van der Waals surface area contributed by atoms with E-state index >= 15 is 0 Å². The smallest absolute Gasteiger partial charge is 0.340 e. The number of aromatic carboxylic acids is 1. The minimum absolute atomic E-state index is 0.241. The van der Waals surface area contributed by atoms with E-state index in [9.17, 15) is 9.90 Å². The van der Waals surface area contributed by atoms with Gasteiger partial charge in [-0.3, -0.25) is 0 Å². The Balaban J connectivity index is 2.70. The van der Waals surface area contributed by atoms with Crippen LogP contribution in [0.5, 0.6) is 5.75 Å². The lowest BCUT2D eigenvalue weighted by atomic mass is 10.2. The zero-order valence-corrected chi connectivity index (χ0v) is 12.2. The van der Waals surface area contributed by atoms with Gasteiger partial charge in [-0.15, -0.1) is 11.8 Å². The molecule has 0 aromatic heterocycles. The summed E-state index contributed by atoms with van der Waals surface area (Å²) >= 11 is 1.50. The first-order valence-corrected chi connectivity index (χ1v) is 7.38. The molecular formula is C14H20O4S. The van der Waals surface area contributed by atoms with Crippen molar-refractivity contribution in [3.63, 3.8) is 0 Å². The van der Waals surface area contributed by atoms with Crippen LogP contribution in [0.3, 0.4) is 0 Å². The molecule has 19 heavy (non-hydrogen) atoms. The highest BCUT2D eigenvalue weighted by Gasteiger charge is 2.16. The van der Waals surface area contributed by atoms with Crippen LogP contribution in [0, 0.1) is 0 Å². The van der Waals surface area contributed by atoms with E-state index in [4.69, 9.17) is 9.47 Å². The molecule has 0 saturated carbocycles. The number of hydrogen-bond donors (Lipinski definition) is 1. The molecule has 5 heteroatoms. The van der Waals surface area contributed by atoms with Gasteiger partial charge in [0.05, 0.1) is 6.61 Å². The summed E-state index contributed by atoms with van der Waals surface area (Å²) in [6.45, 7) is 5.55. The molecule has 0 aliphatic carbocycles. The summed E-state index contributed by atoms with van der Waals surface area (Å²) in [7, 11) is 0. The molecule has 0 fully saturated rings. The number of carbonyl (C=O) groups is 1. The van der Waals surface area contributed by atoms with Crippen LogP contribution >= 0.6 is 11.8 Å². The lowest BCUT2D eigenvalue weighted by molar-refractivity contribution is 0.0681. The third kappa shape index (κ3) is 5.12. The number of benzene rings is 1. The van der Waals surface area contributed by atoms with E-state index in [1.54, 1.807) is 12.1 Å². The Labute approximate surface area is 118 Å². The lowest BCUT2D eigenvalue weighted by Crippen LogP contribution is -2.10. The zero-order valence-electron chi connectivity index (χ0n) is 11.3. The number of thioether (sulfide) groups is 1. The van der Waals surface area contributed by atoms with E-state index < -0.39 is 5.97 Å². The summed E-state index contributed by atoms with van der Waals surface area (Å²) in [5, 5.41) is 9.29. The zero-order chi connectivity index (χ0) is 14.1. The lowest BCUT2D eigenvalue weighted by Gasteiger charge is -2.12. The monoisotopic (exact) mass is 284 g/mol. The fourth-order valence-electron chi connectivity index (χ4n) is 1.57. The van der Waals surface area contributed by atoms with Crippen molar-refractivity contribution < 1.29 is 19.4 Å². The molecule has 0 aliphatic rings. The Morgan fingerprint density at radius 2 is 2.05 bits per heavy atom. The van der Waals surface area contributed by atoms with Crippen molar-refractivity contribution in [1.29, 1.82) is 0 Å². The fourth-order valence-corrected chi connectivity index (χ4v) is 2.39. The number of carboxylic acids is 1. The van der Waals surface area contributed by atoms with Crippen molar-refractivity contribution >= 4 is 17.7 Å². The van der Waals surface area contributed by atoms with E-state index in [0.717, 1.165) is 17.1 Å². The van der Waals surface area contributed by atoms with Crippen LogP contribution in [-0.4, -0.2) is 36.6 Å². The highest BCUT2D eigenvalue weighted by atomic mass is 32.2. The summed E-state index contributed by atoms with van der Waals surface area (Å²) in [4.78, 5) is 12.1. The first-order valence-electron chi connectivity index (χ1n) is 6.40. The van der Waals surface area contributed by atoms with Crippen molar-refractivity contribution in [3.8, 4) is 5.75 Å². The first-order chi connectivity index (χ1) is 9.20. The van der Waals surface area contributed by atoms with Crippen LogP contribution in [0.1, 0.15) is 30.6 Å². The molecule has 0 atom stereocenters. The molecule has 0 amide bonds. The Morgan fingerprint density at radius 1 is 1.26 bits per heavy atom. The SMILES string of the molecule is CCCOCCOc1cccc(SCC)c1C(=O)O. The molecular weight excluding hydrogens is 264 g/mol. The van der Waals surface area contributed by atoms with Crippen LogP contribution < -0.4 is 4.74 Å². The summed E-state index contributed by atoms with van der Waals surface area (Å²) in [6.07, 6.45) is 0.961. The van der Waals surface area contributed by atoms with E-state index in [1.165, 1.54) is 11.8 Å². The number of carboxylic acid groups (broad SMARTS) is 1. The van der Waals surface area contributed by atoms with Gasteiger partial charge in [0.25, 0.3) is 0 Å². The third-order valence-electron chi connectivity index (χ3n) is 2.34. The summed E-state index contributed by atoms with van der Waals surface area (Å²) in [5.41, 5.74) is 0.241. The van der Waals surface area contributed by atoms with Crippen molar-refractivity contribution in [2.45, 2.75) is 25.2 Å². The molecule has 106 valence electrons. The molecule has 0 heterocycles. The van der Waals surface area contributed by atoms with Gasteiger partial charge in [0, 0.05) is 11.5 Å². The van der Waals surface area contributed by atoms with Crippen molar-refractivity contribution in [1.82, 2.24) is 0 Å². The number of rotatable bonds is 9. The Hall–Kier alpha value is -1.20. The molecule has 0 aliphatic heterocycles. The van der Waals surface area contributed by atoms with Crippen molar-refractivity contribution in [3.05, 3.63) is 23.8 Å². The topological polar surface area (TPSA) is 55.8 Å².